The fraction of sp³-hybridized carbons (Fsp3) is 0.261. The van der Waals surface area contributed by atoms with Crippen LogP contribution in [-0.4, -0.2) is 17.6 Å². The van der Waals surface area contributed by atoms with E-state index >= 15 is 0 Å². The van der Waals surface area contributed by atoms with Crippen molar-refractivity contribution < 1.29 is 27.5 Å². The molecule has 0 atom stereocenters. The summed E-state index contributed by atoms with van der Waals surface area (Å²) >= 11 is 1.39. The van der Waals surface area contributed by atoms with Gasteiger partial charge in [-0.3, -0.25) is 4.79 Å². The van der Waals surface area contributed by atoms with Gasteiger partial charge in [-0.25, -0.2) is 4.39 Å². The van der Waals surface area contributed by atoms with Crippen molar-refractivity contribution in [1.82, 2.24) is 5.32 Å². The molecule has 0 spiro atoms. The van der Waals surface area contributed by atoms with Crippen molar-refractivity contribution >= 4 is 23.4 Å². The van der Waals surface area contributed by atoms with Gasteiger partial charge in [0.05, 0.1) is 16.2 Å². The minimum absolute atomic E-state index is 0.122. The number of amides is 1. The number of thioether (sulfide) groups is 1. The standard InChI is InChI=1S/C23H22F4N2O2S/c1-14-12-29(15-8-9-17(18(24)10-15)23(25,26)27)20(32-14)11-22(2,3)13-28-21(31)16-6-4-5-7-19(16)30/h4-12,30H,13H2,1-3H3,(H,28,31). The Labute approximate surface area is 187 Å². The Morgan fingerprint density at radius 1 is 1.19 bits per heavy atom. The summed E-state index contributed by atoms with van der Waals surface area (Å²) in [6.45, 7) is 5.83. The molecule has 32 heavy (non-hydrogen) atoms. The second-order valence-corrected chi connectivity index (χ2v) is 9.31. The molecule has 2 N–H and O–H groups in total. The molecule has 0 saturated carbocycles. The second-order valence-electron chi connectivity index (χ2n) is 8.04. The van der Waals surface area contributed by atoms with Gasteiger partial charge in [0.2, 0.25) is 0 Å². The van der Waals surface area contributed by atoms with Gasteiger partial charge in [0.25, 0.3) is 5.91 Å². The number of halogens is 4. The average molecular weight is 467 g/mol. The van der Waals surface area contributed by atoms with Crippen LogP contribution in [0.5, 0.6) is 5.75 Å². The number of anilines is 1. The number of nitrogens with zero attached hydrogens (tertiary/aromatic N) is 1. The molecule has 0 aromatic heterocycles. The Balaban J connectivity index is 1.79. The van der Waals surface area contributed by atoms with Crippen molar-refractivity contribution in [3.63, 3.8) is 0 Å². The molecule has 4 nitrogen and oxygen atoms in total. The van der Waals surface area contributed by atoms with Crippen LogP contribution in [0.3, 0.4) is 0 Å². The lowest BCUT2D eigenvalue weighted by Crippen LogP contribution is -2.33. The molecule has 0 fully saturated rings. The lowest BCUT2D eigenvalue weighted by molar-refractivity contribution is -0.139. The Bertz CT molecular complexity index is 1090. The fourth-order valence-corrected chi connectivity index (χ4v) is 4.25. The lowest BCUT2D eigenvalue weighted by atomic mass is 9.93. The molecular weight excluding hydrogens is 444 g/mol. The van der Waals surface area contributed by atoms with Gasteiger partial charge >= 0.3 is 6.18 Å². The predicted molar refractivity (Wildman–Crippen MR) is 118 cm³/mol. The Hall–Kier alpha value is -2.94. The van der Waals surface area contributed by atoms with E-state index in [0.717, 1.165) is 17.0 Å². The van der Waals surface area contributed by atoms with Gasteiger partial charge in [0.15, 0.2) is 0 Å². The van der Waals surface area contributed by atoms with Crippen molar-refractivity contribution in [3.8, 4) is 5.75 Å². The van der Waals surface area contributed by atoms with Gasteiger partial charge in [-0.15, -0.1) is 0 Å². The quantitative estimate of drug-likeness (QED) is 0.511. The summed E-state index contributed by atoms with van der Waals surface area (Å²) in [6, 6.07) is 9.01. The lowest BCUT2D eigenvalue weighted by Gasteiger charge is -2.25. The zero-order chi connectivity index (χ0) is 23.7. The zero-order valence-electron chi connectivity index (χ0n) is 17.6. The van der Waals surface area contributed by atoms with Gasteiger partial charge in [0, 0.05) is 28.8 Å². The van der Waals surface area contributed by atoms with E-state index in [-0.39, 0.29) is 23.5 Å². The van der Waals surface area contributed by atoms with E-state index in [4.69, 9.17) is 0 Å². The van der Waals surface area contributed by atoms with E-state index in [0.29, 0.717) is 5.03 Å². The predicted octanol–water partition coefficient (Wildman–Crippen LogP) is 6.26. The van der Waals surface area contributed by atoms with E-state index in [1.54, 1.807) is 23.2 Å². The van der Waals surface area contributed by atoms with E-state index in [9.17, 15) is 27.5 Å². The van der Waals surface area contributed by atoms with Crippen LogP contribution in [0.2, 0.25) is 0 Å². The molecule has 0 radical (unpaired) electrons. The van der Waals surface area contributed by atoms with Gasteiger partial charge in [-0.1, -0.05) is 37.7 Å². The first-order chi connectivity index (χ1) is 14.9. The third kappa shape index (κ3) is 5.45. The first-order valence-electron chi connectivity index (χ1n) is 9.69. The highest BCUT2D eigenvalue weighted by molar-refractivity contribution is 8.07. The van der Waals surface area contributed by atoms with Crippen LogP contribution in [0, 0.1) is 11.2 Å². The van der Waals surface area contributed by atoms with Crippen LogP contribution in [0.15, 0.2) is 64.7 Å². The number of benzene rings is 2. The first-order valence-corrected chi connectivity index (χ1v) is 10.5. The second kappa shape index (κ2) is 8.90. The normalized spacial score (nSPS) is 15.8. The summed E-state index contributed by atoms with van der Waals surface area (Å²) in [5.74, 6) is -1.89. The molecule has 0 bridgehead atoms. The zero-order valence-corrected chi connectivity index (χ0v) is 18.4. The average Bonchev–Trinajstić information content (AvgIpc) is 3.05. The molecule has 1 amide bonds. The third-order valence-electron chi connectivity index (χ3n) is 4.72. The van der Waals surface area contributed by atoms with Crippen LogP contribution in [-0.2, 0) is 6.18 Å². The largest absolute Gasteiger partial charge is 0.507 e. The Morgan fingerprint density at radius 2 is 1.88 bits per heavy atom. The van der Waals surface area contributed by atoms with E-state index in [1.807, 2.05) is 26.8 Å². The number of phenolic OH excluding ortho intramolecular Hbond substituents is 1. The molecule has 2 aromatic carbocycles. The summed E-state index contributed by atoms with van der Waals surface area (Å²) in [4.78, 5) is 14.9. The number of hydrogen-bond donors (Lipinski definition) is 2. The van der Waals surface area contributed by atoms with Crippen LogP contribution < -0.4 is 10.2 Å². The number of phenols is 1. The summed E-state index contributed by atoms with van der Waals surface area (Å²) < 4.78 is 52.8. The molecule has 2 aromatic rings. The maximum absolute atomic E-state index is 14.1. The summed E-state index contributed by atoms with van der Waals surface area (Å²) in [7, 11) is 0. The first kappa shape index (κ1) is 23.7. The van der Waals surface area contributed by atoms with E-state index in [1.165, 1.54) is 30.0 Å². The van der Waals surface area contributed by atoms with E-state index in [2.05, 4.69) is 5.32 Å². The molecular formula is C23H22F4N2O2S. The number of carbonyl (C=O) groups is 1. The molecule has 0 saturated heterocycles. The highest BCUT2D eigenvalue weighted by Gasteiger charge is 2.34. The van der Waals surface area contributed by atoms with Gasteiger partial charge in [-0.2, -0.15) is 13.2 Å². The fourth-order valence-electron chi connectivity index (χ4n) is 3.12. The topological polar surface area (TPSA) is 52.6 Å². The van der Waals surface area contributed by atoms with Gasteiger partial charge < -0.3 is 15.3 Å². The number of para-hydroxylation sites is 1. The van der Waals surface area contributed by atoms with Crippen molar-refractivity contribution in [3.05, 3.63) is 81.6 Å². The van der Waals surface area contributed by atoms with E-state index < -0.39 is 28.9 Å². The van der Waals surface area contributed by atoms with Crippen molar-refractivity contribution in [1.29, 1.82) is 0 Å². The summed E-state index contributed by atoms with van der Waals surface area (Å²) in [5, 5.41) is 13.3. The van der Waals surface area contributed by atoms with Crippen LogP contribution in [0.4, 0.5) is 23.2 Å². The summed E-state index contributed by atoms with van der Waals surface area (Å²) in [6.07, 6.45) is -1.18. The Morgan fingerprint density at radius 3 is 2.50 bits per heavy atom. The molecule has 0 unspecified atom stereocenters. The molecule has 3 rings (SSSR count). The maximum Gasteiger partial charge on any atom is 0.419 e. The van der Waals surface area contributed by atoms with Crippen LogP contribution in [0.1, 0.15) is 36.7 Å². The third-order valence-corrected chi connectivity index (χ3v) is 5.67. The molecule has 0 aliphatic carbocycles. The smallest absolute Gasteiger partial charge is 0.419 e. The van der Waals surface area contributed by atoms with Crippen LogP contribution in [0.25, 0.3) is 0 Å². The summed E-state index contributed by atoms with van der Waals surface area (Å²) in [5.41, 5.74) is -1.44. The molecule has 1 heterocycles. The number of hydrogen-bond acceptors (Lipinski definition) is 4. The number of carbonyl (C=O) groups excluding carboxylic acids is 1. The SMILES string of the molecule is CC1=CN(c2ccc(C(F)(F)F)c(F)c2)C(=CC(C)(C)CNC(=O)c2ccccc2O)S1. The Kier molecular flexibility index (Phi) is 6.59. The van der Waals surface area contributed by atoms with Crippen molar-refractivity contribution in [2.24, 2.45) is 5.41 Å². The molecule has 9 heteroatoms. The maximum atomic E-state index is 14.1. The van der Waals surface area contributed by atoms with Gasteiger partial charge in [-0.05, 0) is 43.3 Å². The minimum atomic E-state index is -4.76. The molecule has 1 aliphatic heterocycles. The highest BCUT2D eigenvalue weighted by Crippen LogP contribution is 2.42. The van der Waals surface area contributed by atoms with Crippen LogP contribution >= 0.6 is 11.8 Å². The number of allylic oxidation sites excluding steroid dienone is 1. The number of nitrogens with one attached hydrogen (secondary N) is 1. The van der Waals surface area contributed by atoms with Gasteiger partial charge in [0.1, 0.15) is 11.6 Å². The molecule has 170 valence electrons. The number of aromatic hydroxyl groups is 1. The monoisotopic (exact) mass is 466 g/mol. The molecule has 1 aliphatic rings. The highest BCUT2D eigenvalue weighted by atomic mass is 32.2. The number of rotatable bonds is 5. The number of alkyl halides is 3. The van der Waals surface area contributed by atoms with Crippen molar-refractivity contribution in [2.45, 2.75) is 26.9 Å². The minimum Gasteiger partial charge on any atom is -0.507 e. The van der Waals surface area contributed by atoms with Crippen molar-refractivity contribution in [2.75, 3.05) is 11.4 Å².